The largest absolute Gasteiger partial charge is 0.450 e. The molecule has 0 aliphatic carbocycles. The molecule has 0 aliphatic rings. The summed E-state index contributed by atoms with van der Waals surface area (Å²) in [5.41, 5.74) is 0.467. The second-order valence-corrected chi connectivity index (χ2v) is 3.93. The second kappa shape index (κ2) is 7.50. The summed E-state index contributed by atoms with van der Waals surface area (Å²) in [7, 11) is 0. The van der Waals surface area contributed by atoms with Crippen LogP contribution in [0.4, 0.5) is 4.79 Å². The molecule has 0 saturated carbocycles. The Bertz CT molecular complexity index is 446. The van der Waals surface area contributed by atoms with Crippen LogP contribution in [-0.2, 0) is 4.74 Å². The van der Waals surface area contributed by atoms with Gasteiger partial charge in [-0.1, -0.05) is 30.0 Å². The van der Waals surface area contributed by atoms with Gasteiger partial charge in [-0.3, -0.25) is 10.1 Å². The number of carbonyl (C=O) groups is 2. The number of hydrogen-bond acceptors (Lipinski definition) is 4. The Hall–Kier alpha value is -1.82. The Balaban J connectivity index is 2.73. The van der Waals surface area contributed by atoms with Crippen molar-refractivity contribution in [1.29, 1.82) is 0 Å². The first-order chi connectivity index (χ1) is 8.67. The van der Waals surface area contributed by atoms with Gasteiger partial charge >= 0.3 is 6.09 Å². The Morgan fingerprint density at radius 2 is 2.00 bits per heavy atom. The lowest BCUT2D eigenvalue weighted by Crippen LogP contribution is -2.29. The Morgan fingerprint density at radius 1 is 1.33 bits per heavy atom. The molecule has 0 spiro atoms. The van der Waals surface area contributed by atoms with Gasteiger partial charge in [0.1, 0.15) is 0 Å². The van der Waals surface area contributed by atoms with Crippen LogP contribution in [0.5, 0.6) is 0 Å². The van der Waals surface area contributed by atoms with Crippen LogP contribution in [0.1, 0.15) is 17.3 Å². The Morgan fingerprint density at radius 3 is 2.56 bits per heavy atom. The maximum atomic E-state index is 11.8. The van der Waals surface area contributed by atoms with Crippen molar-refractivity contribution >= 4 is 28.9 Å². The van der Waals surface area contributed by atoms with E-state index >= 15 is 0 Å². The number of rotatable bonds is 2. The van der Waals surface area contributed by atoms with Crippen LogP contribution in [-0.4, -0.2) is 30.0 Å². The summed E-state index contributed by atoms with van der Waals surface area (Å²) >= 11 is 1.16. The monoisotopic (exact) mass is 266 g/mol. The molecule has 0 saturated heterocycles. The SMILES string of the molecule is CCOC(=O)NC(=NC(=O)c1ccccc1)SC. The number of amides is 2. The summed E-state index contributed by atoms with van der Waals surface area (Å²) in [6.45, 7) is 1.96. The lowest BCUT2D eigenvalue weighted by molar-refractivity contribution is 0.100. The van der Waals surface area contributed by atoms with Crippen LogP contribution in [0.3, 0.4) is 0 Å². The third kappa shape index (κ3) is 4.58. The quantitative estimate of drug-likeness (QED) is 0.658. The van der Waals surface area contributed by atoms with E-state index < -0.39 is 12.0 Å². The minimum Gasteiger partial charge on any atom is -0.450 e. The molecule has 0 radical (unpaired) electrons. The highest BCUT2D eigenvalue weighted by Gasteiger charge is 2.09. The van der Waals surface area contributed by atoms with Crippen LogP contribution < -0.4 is 5.32 Å². The molecule has 0 heterocycles. The number of nitrogens with zero attached hydrogens (tertiary/aromatic N) is 1. The van der Waals surface area contributed by atoms with E-state index in [1.807, 2.05) is 6.07 Å². The number of nitrogens with one attached hydrogen (secondary N) is 1. The molecule has 18 heavy (non-hydrogen) atoms. The fourth-order valence-corrected chi connectivity index (χ4v) is 1.48. The van der Waals surface area contributed by atoms with Crippen LogP contribution in [0, 0.1) is 0 Å². The van der Waals surface area contributed by atoms with Gasteiger partial charge in [-0.25, -0.2) is 4.79 Å². The Labute approximate surface area is 110 Å². The summed E-state index contributed by atoms with van der Waals surface area (Å²) in [4.78, 5) is 26.8. The van der Waals surface area contributed by atoms with E-state index in [2.05, 4.69) is 10.3 Å². The average Bonchev–Trinajstić information content (AvgIpc) is 2.39. The van der Waals surface area contributed by atoms with E-state index in [1.165, 1.54) is 0 Å². The molecule has 0 unspecified atom stereocenters. The summed E-state index contributed by atoms with van der Waals surface area (Å²) < 4.78 is 4.71. The first-order valence-corrected chi connectivity index (χ1v) is 6.55. The molecule has 2 amide bonds. The average molecular weight is 266 g/mol. The molecule has 5 nitrogen and oxygen atoms in total. The molecular weight excluding hydrogens is 252 g/mol. The summed E-state index contributed by atoms with van der Waals surface area (Å²) in [5, 5.41) is 2.61. The zero-order chi connectivity index (χ0) is 13.4. The molecule has 1 N–H and O–H groups in total. The zero-order valence-electron chi connectivity index (χ0n) is 10.2. The molecule has 0 fully saturated rings. The second-order valence-electron chi connectivity index (χ2n) is 3.14. The highest BCUT2D eigenvalue weighted by Crippen LogP contribution is 2.04. The first-order valence-electron chi connectivity index (χ1n) is 5.33. The summed E-state index contributed by atoms with van der Waals surface area (Å²) in [6.07, 6.45) is 1.09. The van der Waals surface area contributed by atoms with Crippen molar-refractivity contribution in [2.24, 2.45) is 4.99 Å². The number of hydrogen-bond donors (Lipinski definition) is 1. The van der Waals surface area contributed by atoms with Crippen LogP contribution in [0.2, 0.25) is 0 Å². The molecule has 96 valence electrons. The lowest BCUT2D eigenvalue weighted by Gasteiger charge is -2.05. The Kier molecular flexibility index (Phi) is 5.93. The molecule has 0 aromatic heterocycles. The number of ether oxygens (including phenoxy) is 1. The lowest BCUT2D eigenvalue weighted by atomic mass is 10.2. The molecule has 6 heteroatoms. The number of aliphatic imine (C=N–C) groups is 1. The van der Waals surface area contributed by atoms with Crippen LogP contribution in [0.15, 0.2) is 35.3 Å². The third-order valence-corrected chi connectivity index (χ3v) is 2.48. The van der Waals surface area contributed by atoms with Gasteiger partial charge < -0.3 is 4.74 Å². The zero-order valence-corrected chi connectivity index (χ0v) is 11.0. The molecule has 0 bridgehead atoms. The predicted molar refractivity (Wildman–Crippen MR) is 71.9 cm³/mol. The fraction of sp³-hybridized carbons (Fsp3) is 0.250. The van der Waals surface area contributed by atoms with E-state index in [4.69, 9.17) is 4.74 Å². The van der Waals surface area contributed by atoms with Gasteiger partial charge in [0.15, 0.2) is 5.17 Å². The smallest absolute Gasteiger partial charge is 0.413 e. The third-order valence-electron chi connectivity index (χ3n) is 1.90. The summed E-state index contributed by atoms with van der Waals surface area (Å²) in [5.74, 6) is -0.406. The van der Waals surface area contributed by atoms with Crippen molar-refractivity contribution in [1.82, 2.24) is 5.32 Å². The highest BCUT2D eigenvalue weighted by atomic mass is 32.2. The van der Waals surface area contributed by atoms with Crippen molar-refractivity contribution in [2.45, 2.75) is 6.92 Å². The van der Waals surface area contributed by atoms with Gasteiger partial charge in [-0.2, -0.15) is 4.99 Å². The molecular formula is C12H14N2O3S. The number of amidine groups is 1. The van der Waals surface area contributed by atoms with E-state index in [1.54, 1.807) is 37.4 Å². The molecule has 0 atom stereocenters. The molecule has 1 aromatic carbocycles. The van der Waals surface area contributed by atoms with Crippen LogP contribution in [0.25, 0.3) is 0 Å². The number of benzene rings is 1. The highest BCUT2D eigenvalue weighted by molar-refractivity contribution is 8.13. The number of alkyl carbamates (subject to hydrolysis) is 1. The normalized spacial score (nSPS) is 10.9. The first kappa shape index (κ1) is 14.2. The van der Waals surface area contributed by atoms with E-state index in [-0.39, 0.29) is 11.8 Å². The minimum absolute atomic E-state index is 0.210. The topological polar surface area (TPSA) is 67.8 Å². The van der Waals surface area contributed by atoms with Gasteiger partial charge in [0.25, 0.3) is 5.91 Å². The maximum Gasteiger partial charge on any atom is 0.413 e. The van der Waals surface area contributed by atoms with Crippen molar-refractivity contribution in [3.8, 4) is 0 Å². The molecule has 1 aromatic rings. The standard InChI is InChI=1S/C12H14N2O3S/c1-3-17-12(16)14-11(18-2)13-10(15)9-7-5-4-6-8-9/h4-8H,3H2,1-2H3,(H,13,14,15,16). The fourth-order valence-electron chi connectivity index (χ4n) is 1.12. The maximum absolute atomic E-state index is 11.8. The van der Waals surface area contributed by atoms with Gasteiger partial charge in [-0.05, 0) is 25.3 Å². The van der Waals surface area contributed by atoms with E-state index in [9.17, 15) is 9.59 Å². The summed E-state index contributed by atoms with van der Waals surface area (Å²) in [6, 6.07) is 8.63. The van der Waals surface area contributed by atoms with Gasteiger partial charge in [-0.15, -0.1) is 0 Å². The number of thioether (sulfide) groups is 1. The van der Waals surface area contributed by atoms with Crippen molar-refractivity contribution in [2.75, 3.05) is 12.9 Å². The van der Waals surface area contributed by atoms with E-state index in [0.717, 1.165) is 11.8 Å². The molecule has 0 aliphatic heterocycles. The van der Waals surface area contributed by atoms with Gasteiger partial charge in [0.2, 0.25) is 0 Å². The van der Waals surface area contributed by atoms with E-state index in [0.29, 0.717) is 5.56 Å². The number of carbonyl (C=O) groups excluding carboxylic acids is 2. The van der Waals surface area contributed by atoms with Crippen molar-refractivity contribution in [3.63, 3.8) is 0 Å². The van der Waals surface area contributed by atoms with Crippen molar-refractivity contribution < 1.29 is 14.3 Å². The van der Waals surface area contributed by atoms with Crippen LogP contribution >= 0.6 is 11.8 Å². The predicted octanol–water partition coefficient (Wildman–Crippen LogP) is 2.29. The minimum atomic E-state index is -0.619. The van der Waals surface area contributed by atoms with Gasteiger partial charge in [0.05, 0.1) is 6.61 Å². The van der Waals surface area contributed by atoms with Gasteiger partial charge in [0, 0.05) is 5.56 Å². The van der Waals surface area contributed by atoms with Crippen molar-refractivity contribution in [3.05, 3.63) is 35.9 Å². The molecule has 1 rings (SSSR count).